The summed E-state index contributed by atoms with van der Waals surface area (Å²) in [4.78, 5) is 34.6. The van der Waals surface area contributed by atoms with Gasteiger partial charge in [0.25, 0.3) is 11.5 Å². The predicted molar refractivity (Wildman–Crippen MR) is 130 cm³/mol. The largest absolute Gasteiger partial charge is 0.505 e. The van der Waals surface area contributed by atoms with Crippen molar-refractivity contribution < 1.29 is 9.90 Å². The molecule has 5 aromatic rings. The summed E-state index contributed by atoms with van der Waals surface area (Å²) in [7, 11) is 0. The monoisotopic (exact) mass is 448 g/mol. The quantitative estimate of drug-likeness (QED) is 0.423. The van der Waals surface area contributed by atoms with E-state index in [1.165, 1.54) is 0 Å². The summed E-state index contributed by atoms with van der Waals surface area (Å²) in [6.45, 7) is 0.237. The highest BCUT2D eigenvalue weighted by Gasteiger charge is 2.23. The molecule has 166 valence electrons. The molecule has 0 aliphatic carbocycles. The Balaban J connectivity index is 1.94. The zero-order valence-electron chi connectivity index (χ0n) is 18.1. The topological polar surface area (TPSA) is 111 Å². The first kappa shape index (κ1) is 21.1. The number of nitrogens with zero attached hydrogens (tertiary/aromatic N) is 3. The molecule has 0 radical (unpaired) electrons. The lowest BCUT2D eigenvalue weighted by atomic mass is 10.0. The Bertz CT molecular complexity index is 1560. The first-order valence-corrected chi connectivity index (χ1v) is 10.6. The Hall–Kier alpha value is -4.78. The van der Waals surface area contributed by atoms with Crippen LogP contribution < -0.4 is 11.3 Å². The highest BCUT2D eigenvalue weighted by atomic mass is 16.3. The summed E-state index contributed by atoms with van der Waals surface area (Å²) in [5, 5.41) is 11.4. The van der Waals surface area contributed by atoms with Gasteiger partial charge in [-0.25, -0.2) is 4.98 Å². The fourth-order valence-electron chi connectivity index (χ4n) is 4.07. The third kappa shape index (κ3) is 3.69. The summed E-state index contributed by atoms with van der Waals surface area (Å²) in [6.07, 6.45) is 3.21. The Morgan fingerprint density at radius 1 is 0.941 bits per heavy atom. The number of aromatic nitrogens is 3. The van der Waals surface area contributed by atoms with E-state index in [1.807, 2.05) is 60.7 Å². The van der Waals surface area contributed by atoms with Gasteiger partial charge in [0.1, 0.15) is 0 Å². The standard InChI is InChI=1S/C27H20N4O3/c28-26(33)23-25(32)21-14-20(18-10-5-2-6-11-18)27(34)31(16-17-8-3-1-4-9-17)24(21)22(30-23)19-12-7-13-29-15-19/h1-15,32H,16H2,(H2,28,33). The van der Waals surface area contributed by atoms with Crippen molar-refractivity contribution in [3.8, 4) is 28.1 Å². The van der Waals surface area contributed by atoms with Gasteiger partial charge in [-0.05, 0) is 29.3 Å². The number of hydrogen-bond acceptors (Lipinski definition) is 5. The van der Waals surface area contributed by atoms with Crippen LogP contribution in [0.5, 0.6) is 5.75 Å². The van der Waals surface area contributed by atoms with Crippen LogP contribution in [0.2, 0.25) is 0 Å². The summed E-state index contributed by atoms with van der Waals surface area (Å²) in [5.41, 5.74) is 8.32. The molecule has 0 saturated carbocycles. The van der Waals surface area contributed by atoms with Gasteiger partial charge in [-0.15, -0.1) is 0 Å². The Labute approximate surface area is 194 Å². The lowest BCUT2D eigenvalue weighted by Gasteiger charge is -2.18. The van der Waals surface area contributed by atoms with E-state index in [-0.39, 0.29) is 23.5 Å². The van der Waals surface area contributed by atoms with E-state index in [1.54, 1.807) is 35.2 Å². The van der Waals surface area contributed by atoms with Crippen molar-refractivity contribution in [3.63, 3.8) is 0 Å². The molecule has 3 heterocycles. The number of rotatable bonds is 5. The summed E-state index contributed by atoms with van der Waals surface area (Å²) in [5.74, 6) is -1.24. The minimum absolute atomic E-state index is 0.237. The minimum atomic E-state index is -0.869. The summed E-state index contributed by atoms with van der Waals surface area (Å²) < 4.78 is 1.58. The fraction of sp³-hybridized carbons (Fsp3) is 0.0370. The van der Waals surface area contributed by atoms with Gasteiger partial charge in [0.05, 0.1) is 17.8 Å². The van der Waals surface area contributed by atoms with Crippen molar-refractivity contribution in [1.29, 1.82) is 0 Å². The first-order chi connectivity index (χ1) is 16.5. The number of nitrogens with two attached hydrogens (primary N) is 1. The summed E-state index contributed by atoms with van der Waals surface area (Å²) >= 11 is 0. The lowest BCUT2D eigenvalue weighted by Crippen LogP contribution is -2.24. The van der Waals surface area contributed by atoms with E-state index >= 15 is 0 Å². The Morgan fingerprint density at radius 2 is 1.62 bits per heavy atom. The Kier molecular flexibility index (Phi) is 5.35. The second-order valence-electron chi connectivity index (χ2n) is 7.83. The van der Waals surface area contributed by atoms with Gasteiger partial charge in [-0.2, -0.15) is 0 Å². The molecule has 3 aromatic heterocycles. The second-order valence-corrected chi connectivity index (χ2v) is 7.83. The minimum Gasteiger partial charge on any atom is -0.505 e. The smallest absolute Gasteiger partial charge is 0.271 e. The average molecular weight is 448 g/mol. The van der Waals surface area contributed by atoms with Crippen LogP contribution in [-0.4, -0.2) is 25.5 Å². The highest BCUT2D eigenvalue weighted by molar-refractivity contribution is 6.05. The molecule has 0 aliphatic heterocycles. The number of carbonyl (C=O) groups excluding carboxylic acids is 1. The van der Waals surface area contributed by atoms with Crippen LogP contribution in [0.4, 0.5) is 0 Å². The van der Waals surface area contributed by atoms with Gasteiger partial charge in [-0.3, -0.25) is 14.6 Å². The molecule has 0 bridgehead atoms. The Morgan fingerprint density at radius 3 is 2.26 bits per heavy atom. The maximum absolute atomic E-state index is 13.8. The number of carbonyl (C=O) groups is 1. The van der Waals surface area contributed by atoms with E-state index < -0.39 is 5.91 Å². The highest BCUT2D eigenvalue weighted by Crippen LogP contribution is 2.36. The number of aromatic hydroxyl groups is 1. The van der Waals surface area contributed by atoms with Crippen molar-refractivity contribution in [2.45, 2.75) is 6.54 Å². The molecular formula is C27H20N4O3. The molecule has 0 spiro atoms. The van der Waals surface area contributed by atoms with E-state index in [2.05, 4.69) is 9.97 Å². The number of pyridine rings is 3. The molecule has 3 N–H and O–H groups in total. The number of primary amides is 1. The van der Waals surface area contributed by atoms with Crippen molar-refractivity contribution >= 4 is 16.8 Å². The molecule has 0 fully saturated rings. The molecule has 5 rings (SSSR count). The van der Waals surface area contributed by atoms with Gasteiger partial charge in [-0.1, -0.05) is 60.7 Å². The first-order valence-electron chi connectivity index (χ1n) is 10.6. The second kappa shape index (κ2) is 8.63. The van der Waals surface area contributed by atoms with Crippen LogP contribution in [0, 0.1) is 0 Å². The number of benzene rings is 2. The van der Waals surface area contributed by atoms with Crippen LogP contribution in [0.25, 0.3) is 33.3 Å². The van der Waals surface area contributed by atoms with Gasteiger partial charge < -0.3 is 15.4 Å². The van der Waals surface area contributed by atoms with Crippen LogP contribution in [0.1, 0.15) is 16.1 Å². The van der Waals surface area contributed by atoms with E-state index in [0.717, 1.165) is 5.56 Å². The summed E-state index contributed by atoms with van der Waals surface area (Å²) in [6, 6.07) is 23.8. The molecule has 0 atom stereocenters. The van der Waals surface area contributed by atoms with E-state index in [9.17, 15) is 14.7 Å². The van der Waals surface area contributed by atoms with Crippen molar-refractivity contribution in [2.24, 2.45) is 5.73 Å². The van der Waals surface area contributed by atoms with Crippen molar-refractivity contribution in [3.05, 3.63) is 113 Å². The van der Waals surface area contributed by atoms with Gasteiger partial charge in [0.2, 0.25) is 0 Å². The van der Waals surface area contributed by atoms with Crippen LogP contribution in [0.15, 0.2) is 96.1 Å². The van der Waals surface area contributed by atoms with Gasteiger partial charge >= 0.3 is 0 Å². The normalized spacial score (nSPS) is 10.9. The zero-order chi connectivity index (χ0) is 23.7. The zero-order valence-corrected chi connectivity index (χ0v) is 18.1. The molecule has 0 saturated heterocycles. The number of fused-ring (bicyclic) bond motifs is 1. The maximum atomic E-state index is 13.8. The third-order valence-corrected chi connectivity index (χ3v) is 5.65. The van der Waals surface area contributed by atoms with Crippen LogP contribution in [-0.2, 0) is 6.54 Å². The van der Waals surface area contributed by atoms with Crippen LogP contribution in [0.3, 0.4) is 0 Å². The number of amides is 1. The molecule has 2 aromatic carbocycles. The molecule has 7 heteroatoms. The van der Waals surface area contributed by atoms with Gasteiger partial charge in [0.15, 0.2) is 11.4 Å². The molecule has 34 heavy (non-hydrogen) atoms. The molecule has 0 aliphatic rings. The van der Waals surface area contributed by atoms with Gasteiger partial charge in [0, 0.05) is 28.9 Å². The molecule has 0 unspecified atom stereocenters. The molecular weight excluding hydrogens is 428 g/mol. The molecule has 7 nitrogen and oxygen atoms in total. The van der Waals surface area contributed by atoms with E-state index in [4.69, 9.17) is 5.73 Å². The number of hydrogen-bond donors (Lipinski definition) is 2. The van der Waals surface area contributed by atoms with E-state index in [0.29, 0.717) is 33.3 Å². The van der Waals surface area contributed by atoms with Crippen molar-refractivity contribution in [1.82, 2.24) is 14.5 Å². The average Bonchev–Trinajstić information content (AvgIpc) is 2.87. The molecule has 1 amide bonds. The SMILES string of the molecule is NC(=O)c1nc(-c2cccnc2)c2c(cc(-c3ccccc3)c(=O)n2Cc2ccccc2)c1O. The predicted octanol–water partition coefficient (Wildman–Crippen LogP) is 3.98. The lowest BCUT2D eigenvalue weighted by molar-refractivity contribution is 0.0993. The fourth-order valence-corrected chi connectivity index (χ4v) is 4.07. The van der Waals surface area contributed by atoms with Crippen molar-refractivity contribution in [2.75, 3.05) is 0 Å². The third-order valence-electron chi connectivity index (χ3n) is 5.65. The maximum Gasteiger partial charge on any atom is 0.271 e. The van der Waals surface area contributed by atoms with Crippen LogP contribution >= 0.6 is 0 Å².